The lowest BCUT2D eigenvalue weighted by Gasteiger charge is -2.34. The first-order valence-electron chi connectivity index (χ1n) is 6.28. The molecule has 1 aromatic rings. The van der Waals surface area contributed by atoms with Crippen LogP contribution in [0.3, 0.4) is 0 Å². The van der Waals surface area contributed by atoms with Gasteiger partial charge in [-0.3, -0.25) is 4.79 Å². The van der Waals surface area contributed by atoms with E-state index in [0.29, 0.717) is 11.1 Å². The predicted octanol–water partition coefficient (Wildman–Crippen LogP) is 2.28. The van der Waals surface area contributed by atoms with Gasteiger partial charge in [0.25, 0.3) is 5.91 Å². The van der Waals surface area contributed by atoms with Crippen LogP contribution in [-0.2, 0) is 4.79 Å². The van der Waals surface area contributed by atoms with E-state index >= 15 is 0 Å². The Morgan fingerprint density at radius 2 is 2.00 bits per heavy atom. The fourth-order valence-electron chi connectivity index (χ4n) is 1.53. The van der Waals surface area contributed by atoms with Crippen molar-refractivity contribution < 1.29 is 19.8 Å². The third kappa shape index (κ3) is 4.31. The Balaban J connectivity index is 3.04. The van der Waals surface area contributed by atoms with Crippen molar-refractivity contribution in [2.24, 2.45) is 0 Å². The van der Waals surface area contributed by atoms with E-state index in [1.165, 1.54) is 17.0 Å². The number of carbonyl (C=O) groups excluding carboxylic acids is 1. The third-order valence-electron chi connectivity index (χ3n) is 3.25. The molecule has 0 atom stereocenters. The number of likely N-dealkylation sites (N-methyl/N-ethyl adjacent to an activating group) is 1. The van der Waals surface area contributed by atoms with Gasteiger partial charge in [-0.05, 0) is 37.6 Å². The largest absolute Gasteiger partial charge is 0.478 e. The molecule has 0 aliphatic heterocycles. The zero-order valence-electron chi connectivity index (χ0n) is 12.1. The summed E-state index contributed by atoms with van der Waals surface area (Å²) in [4.78, 5) is 24.2. The molecule has 0 bridgehead atoms. The van der Waals surface area contributed by atoms with Crippen molar-refractivity contribution in [3.05, 3.63) is 40.4 Å². The summed E-state index contributed by atoms with van der Waals surface area (Å²) in [6, 6.07) is 4.63. The van der Waals surface area contributed by atoms with Gasteiger partial charge in [0.15, 0.2) is 0 Å². The highest BCUT2D eigenvalue weighted by atomic mass is 35.5. The SMILES string of the molecule is CN(C(=O)c1ccc(/C=C/C(=O)O)c(Cl)c1)C(C)(C)CO. The van der Waals surface area contributed by atoms with Gasteiger partial charge in [0.05, 0.1) is 12.1 Å². The van der Waals surface area contributed by atoms with E-state index in [1.807, 2.05) is 0 Å². The molecule has 0 aliphatic rings. The molecule has 0 aliphatic carbocycles. The molecule has 0 saturated heterocycles. The average Bonchev–Trinajstić information content (AvgIpc) is 2.44. The number of benzene rings is 1. The van der Waals surface area contributed by atoms with Crippen LogP contribution in [0.4, 0.5) is 0 Å². The van der Waals surface area contributed by atoms with Crippen molar-refractivity contribution in [2.75, 3.05) is 13.7 Å². The summed E-state index contributed by atoms with van der Waals surface area (Å²) < 4.78 is 0. The Labute approximate surface area is 128 Å². The molecule has 0 radical (unpaired) electrons. The molecule has 0 fully saturated rings. The lowest BCUT2D eigenvalue weighted by atomic mass is 10.0. The quantitative estimate of drug-likeness (QED) is 0.818. The number of hydrogen-bond donors (Lipinski definition) is 2. The van der Waals surface area contributed by atoms with Gasteiger partial charge in [0, 0.05) is 23.7 Å². The molecule has 0 unspecified atom stereocenters. The highest BCUT2D eigenvalue weighted by Gasteiger charge is 2.27. The second-order valence-electron chi connectivity index (χ2n) is 5.24. The van der Waals surface area contributed by atoms with E-state index in [9.17, 15) is 14.7 Å². The Hall–Kier alpha value is -1.85. The van der Waals surface area contributed by atoms with Gasteiger partial charge in [-0.25, -0.2) is 4.79 Å². The standard InChI is InChI=1S/C15H18ClNO4/c1-15(2,9-18)17(3)14(21)11-5-4-10(12(16)8-11)6-7-13(19)20/h4-8,18H,9H2,1-3H3,(H,19,20)/b7-6+. The minimum Gasteiger partial charge on any atom is -0.478 e. The van der Waals surface area contributed by atoms with Crippen molar-refractivity contribution >= 4 is 29.6 Å². The Bertz CT molecular complexity index is 581. The molecular formula is C15H18ClNO4. The summed E-state index contributed by atoms with van der Waals surface area (Å²) in [5, 5.41) is 18.2. The summed E-state index contributed by atoms with van der Waals surface area (Å²) >= 11 is 6.05. The van der Waals surface area contributed by atoms with E-state index in [-0.39, 0.29) is 17.5 Å². The number of aliphatic carboxylic acids is 1. The first kappa shape index (κ1) is 17.2. The Morgan fingerprint density at radius 3 is 2.48 bits per heavy atom. The highest BCUT2D eigenvalue weighted by molar-refractivity contribution is 6.32. The summed E-state index contributed by atoms with van der Waals surface area (Å²) in [5.74, 6) is -1.35. The summed E-state index contributed by atoms with van der Waals surface area (Å²) in [6.07, 6.45) is 2.34. The van der Waals surface area contributed by atoms with E-state index in [0.717, 1.165) is 6.08 Å². The van der Waals surface area contributed by atoms with Crippen molar-refractivity contribution in [3.8, 4) is 0 Å². The second-order valence-corrected chi connectivity index (χ2v) is 5.65. The summed E-state index contributed by atoms with van der Waals surface area (Å²) in [6.45, 7) is 3.33. The van der Waals surface area contributed by atoms with Gasteiger partial charge in [0.1, 0.15) is 0 Å². The molecule has 1 aromatic carbocycles. The molecule has 1 rings (SSSR count). The number of rotatable bonds is 5. The van der Waals surface area contributed by atoms with Crippen molar-refractivity contribution in [1.82, 2.24) is 4.90 Å². The summed E-state index contributed by atoms with van der Waals surface area (Å²) in [7, 11) is 1.60. The number of aliphatic hydroxyl groups is 1. The van der Waals surface area contributed by atoms with Gasteiger partial charge >= 0.3 is 5.97 Å². The first-order valence-corrected chi connectivity index (χ1v) is 6.66. The first-order chi connectivity index (χ1) is 9.69. The Morgan fingerprint density at radius 1 is 1.38 bits per heavy atom. The number of carbonyl (C=O) groups is 2. The zero-order valence-corrected chi connectivity index (χ0v) is 12.9. The average molecular weight is 312 g/mol. The van der Waals surface area contributed by atoms with E-state index in [4.69, 9.17) is 16.7 Å². The van der Waals surface area contributed by atoms with Gasteiger partial charge in [-0.15, -0.1) is 0 Å². The molecular weight excluding hydrogens is 294 g/mol. The molecule has 0 saturated carbocycles. The lowest BCUT2D eigenvalue weighted by molar-refractivity contribution is -0.131. The van der Waals surface area contributed by atoms with Gasteiger partial charge in [-0.1, -0.05) is 17.7 Å². The topological polar surface area (TPSA) is 77.8 Å². The number of carboxylic acid groups (broad SMARTS) is 1. The minimum absolute atomic E-state index is 0.164. The molecule has 0 heterocycles. The van der Waals surface area contributed by atoms with E-state index in [1.54, 1.807) is 33.0 Å². The molecule has 1 amide bonds. The predicted molar refractivity (Wildman–Crippen MR) is 81.4 cm³/mol. The zero-order chi connectivity index (χ0) is 16.2. The highest BCUT2D eigenvalue weighted by Crippen LogP contribution is 2.22. The number of halogens is 1. The molecule has 5 nitrogen and oxygen atoms in total. The van der Waals surface area contributed by atoms with Crippen LogP contribution in [-0.4, -0.2) is 46.2 Å². The maximum atomic E-state index is 12.3. The van der Waals surface area contributed by atoms with Crippen LogP contribution in [0.25, 0.3) is 6.08 Å². The molecule has 0 spiro atoms. The van der Waals surface area contributed by atoms with Crippen molar-refractivity contribution in [2.45, 2.75) is 19.4 Å². The van der Waals surface area contributed by atoms with Crippen LogP contribution in [0.15, 0.2) is 24.3 Å². The van der Waals surface area contributed by atoms with Crippen LogP contribution in [0.1, 0.15) is 29.8 Å². The van der Waals surface area contributed by atoms with Gasteiger partial charge < -0.3 is 15.1 Å². The van der Waals surface area contributed by atoms with Crippen LogP contribution < -0.4 is 0 Å². The van der Waals surface area contributed by atoms with Crippen molar-refractivity contribution in [3.63, 3.8) is 0 Å². The third-order valence-corrected chi connectivity index (χ3v) is 3.58. The van der Waals surface area contributed by atoms with Crippen LogP contribution in [0.2, 0.25) is 5.02 Å². The number of nitrogens with zero attached hydrogens (tertiary/aromatic N) is 1. The van der Waals surface area contributed by atoms with Crippen LogP contribution >= 0.6 is 11.6 Å². The lowest BCUT2D eigenvalue weighted by Crippen LogP contribution is -2.47. The van der Waals surface area contributed by atoms with Crippen LogP contribution in [0.5, 0.6) is 0 Å². The maximum absolute atomic E-state index is 12.3. The molecule has 0 aromatic heterocycles. The van der Waals surface area contributed by atoms with Crippen LogP contribution in [0, 0.1) is 0 Å². The number of hydrogen-bond acceptors (Lipinski definition) is 3. The fraction of sp³-hybridized carbons (Fsp3) is 0.333. The molecule has 6 heteroatoms. The fourth-order valence-corrected chi connectivity index (χ4v) is 1.77. The molecule has 21 heavy (non-hydrogen) atoms. The van der Waals surface area contributed by atoms with Gasteiger partial charge in [0.2, 0.25) is 0 Å². The van der Waals surface area contributed by atoms with Gasteiger partial charge in [-0.2, -0.15) is 0 Å². The molecule has 114 valence electrons. The maximum Gasteiger partial charge on any atom is 0.328 e. The van der Waals surface area contributed by atoms with E-state index < -0.39 is 11.5 Å². The summed E-state index contributed by atoms with van der Waals surface area (Å²) in [5.41, 5.74) is 0.196. The number of carboxylic acids is 1. The van der Waals surface area contributed by atoms with E-state index in [2.05, 4.69) is 0 Å². The number of amides is 1. The normalized spacial score (nSPS) is 11.7. The second kappa shape index (κ2) is 6.74. The molecule has 2 N–H and O–H groups in total. The Kier molecular flexibility index (Phi) is 5.52. The van der Waals surface area contributed by atoms with Crippen molar-refractivity contribution in [1.29, 1.82) is 0 Å². The smallest absolute Gasteiger partial charge is 0.328 e. The monoisotopic (exact) mass is 311 g/mol. The number of aliphatic hydroxyl groups excluding tert-OH is 1. The minimum atomic E-state index is -1.07.